The van der Waals surface area contributed by atoms with Crippen LogP contribution < -0.4 is 16.0 Å². The van der Waals surface area contributed by atoms with Crippen molar-refractivity contribution in [2.24, 2.45) is 11.8 Å². The van der Waals surface area contributed by atoms with Crippen molar-refractivity contribution in [3.63, 3.8) is 0 Å². The number of amides is 2. The van der Waals surface area contributed by atoms with E-state index >= 15 is 0 Å². The number of carbonyl (C=O) groups excluding carboxylic acids is 2. The predicted octanol–water partition coefficient (Wildman–Crippen LogP) is 2.10. The average Bonchev–Trinajstić information content (AvgIpc) is 2.68. The third kappa shape index (κ3) is 3.52. The summed E-state index contributed by atoms with van der Waals surface area (Å²) < 4.78 is 0. The van der Waals surface area contributed by atoms with E-state index in [0.717, 1.165) is 38.0 Å². The Morgan fingerprint density at radius 3 is 2.96 bits per heavy atom. The van der Waals surface area contributed by atoms with Crippen LogP contribution in [0.3, 0.4) is 0 Å². The van der Waals surface area contributed by atoms with Crippen LogP contribution in [-0.4, -0.2) is 55.5 Å². The SMILES string of the molecule is CNc1ccc(Cl)cc1C(=O)NC[C@H]1[C@@H]2CNC[C@@H](C2)[C@@H]2CCCC(=O)N21. The fourth-order valence-electron chi connectivity index (χ4n) is 5.11. The van der Waals surface area contributed by atoms with Gasteiger partial charge in [-0.25, -0.2) is 0 Å². The van der Waals surface area contributed by atoms with Crippen LogP contribution in [0.4, 0.5) is 5.69 Å². The molecule has 1 aromatic rings. The van der Waals surface area contributed by atoms with Crippen LogP contribution in [0.1, 0.15) is 36.0 Å². The van der Waals surface area contributed by atoms with Gasteiger partial charge in [0.2, 0.25) is 5.91 Å². The smallest absolute Gasteiger partial charge is 0.253 e. The summed E-state index contributed by atoms with van der Waals surface area (Å²) in [6.07, 6.45) is 3.83. The van der Waals surface area contributed by atoms with Crippen LogP contribution >= 0.6 is 11.6 Å². The second-order valence-electron chi connectivity index (χ2n) is 7.89. The van der Waals surface area contributed by atoms with Crippen molar-refractivity contribution in [2.75, 3.05) is 32.0 Å². The maximum atomic E-state index is 12.8. The molecule has 0 aromatic heterocycles. The number of fused-ring (bicyclic) bond motifs is 4. The molecule has 7 heteroatoms. The van der Waals surface area contributed by atoms with Gasteiger partial charge in [-0.15, -0.1) is 0 Å². The summed E-state index contributed by atoms with van der Waals surface area (Å²) in [6.45, 7) is 2.39. The van der Waals surface area contributed by atoms with Crippen molar-refractivity contribution in [1.29, 1.82) is 0 Å². The highest BCUT2D eigenvalue weighted by molar-refractivity contribution is 6.31. The maximum absolute atomic E-state index is 12.8. The number of rotatable bonds is 4. The number of halogens is 1. The minimum atomic E-state index is -0.159. The van der Waals surface area contributed by atoms with Crippen molar-refractivity contribution >= 4 is 29.1 Å². The second-order valence-corrected chi connectivity index (χ2v) is 8.33. The molecule has 3 heterocycles. The van der Waals surface area contributed by atoms with E-state index in [0.29, 0.717) is 41.4 Å². The lowest BCUT2D eigenvalue weighted by molar-refractivity contribution is -0.148. The summed E-state index contributed by atoms with van der Waals surface area (Å²) >= 11 is 6.08. The van der Waals surface area contributed by atoms with Crippen molar-refractivity contribution in [2.45, 2.75) is 37.8 Å². The van der Waals surface area contributed by atoms with E-state index in [1.54, 1.807) is 25.2 Å². The van der Waals surface area contributed by atoms with E-state index in [-0.39, 0.29) is 17.9 Å². The molecule has 0 unspecified atom stereocenters. The lowest BCUT2D eigenvalue weighted by Gasteiger charge is -2.54. The molecule has 3 N–H and O–H groups in total. The van der Waals surface area contributed by atoms with Crippen LogP contribution in [0.15, 0.2) is 18.2 Å². The molecule has 2 bridgehead atoms. The molecule has 1 aromatic carbocycles. The maximum Gasteiger partial charge on any atom is 0.253 e. The summed E-state index contributed by atoms with van der Waals surface area (Å²) in [6, 6.07) is 5.62. The molecule has 0 aliphatic carbocycles. The average molecular weight is 391 g/mol. The van der Waals surface area contributed by atoms with Crippen molar-refractivity contribution < 1.29 is 9.59 Å². The van der Waals surface area contributed by atoms with Crippen molar-refractivity contribution in [1.82, 2.24) is 15.5 Å². The summed E-state index contributed by atoms with van der Waals surface area (Å²) in [5.74, 6) is 1.03. The van der Waals surface area contributed by atoms with Gasteiger partial charge in [0.05, 0.1) is 11.6 Å². The Kier molecular flexibility index (Phi) is 5.28. The quantitative estimate of drug-likeness (QED) is 0.736. The number of hydrogen-bond acceptors (Lipinski definition) is 4. The fourth-order valence-corrected chi connectivity index (χ4v) is 5.28. The Balaban J connectivity index is 1.51. The van der Waals surface area contributed by atoms with E-state index < -0.39 is 0 Å². The molecular formula is C20H27ClN4O2. The molecule has 3 aliphatic heterocycles. The van der Waals surface area contributed by atoms with Crippen LogP contribution in [0, 0.1) is 11.8 Å². The molecule has 146 valence electrons. The summed E-state index contributed by atoms with van der Waals surface area (Å²) in [5, 5.41) is 10.2. The number of nitrogens with zero attached hydrogens (tertiary/aromatic N) is 1. The third-order valence-electron chi connectivity index (χ3n) is 6.37. The number of benzene rings is 1. The Hall–Kier alpha value is -1.79. The van der Waals surface area contributed by atoms with Crippen LogP contribution in [0.5, 0.6) is 0 Å². The fraction of sp³-hybridized carbons (Fsp3) is 0.600. The van der Waals surface area contributed by atoms with Gasteiger partial charge in [-0.2, -0.15) is 0 Å². The molecule has 0 saturated carbocycles. The Bertz CT molecular complexity index is 741. The monoisotopic (exact) mass is 390 g/mol. The van der Waals surface area contributed by atoms with Gasteiger partial charge in [-0.1, -0.05) is 11.6 Å². The van der Waals surface area contributed by atoms with Gasteiger partial charge < -0.3 is 20.9 Å². The topological polar surface area (TPSA) is 73.5 Å². The first-order valence-electron chi connectivity index (χ1n) is 9.86. The third-order valence-corrected chi connectivity index (χ3v) is 6.60. The molecule has 3 fully saturated rings. The van der Waals surface area contributed by atoms with Gasteiger partial charge in [0, 0.05) is 43.3 Å². The summed E-state index contributed by atoms with van der Waals surface area (Å²) in [7, 11) is 1.78. The number of anilines is 1. The normalized spacial score (nSPS) is 29.9. The largest absolute Gasteiger partial charge is 0.387 e. The standard InChI is InChI=1S/C20H27ClN4O2/c1-22-16-6-5-14(21)8-15(16)20(27)24-11-18-13-7-12(9-23-10-13)17-3-2-4-19(26)25(17)18/h5-6,8,12-13,17-18,22-23H,2-4,7,9-11H2,1H3,(H,24,27)/t12-,13+,17+,18+/m1/s1. The molecule has 0 radical (unpaired) electrons. The molecule has 2 amide bonds. The molecule has 27 heavy (non-hydrogen) atoms. The molecule has 6 nitrogen and oxygen atoms in total. The zero-order chi connectivity index (χ0) is 19.0. The van der Waals surface area contributed by atoms with Crippen molar-refractivity contribution in [3.05, 3.63) is 28.8 Å². The molecular weight excluding hydrogens is 364 g/mol. The lowest BCUT2D eigenvalue weighted by Crippen LogP contribution is -2.66. The van der Waals surface area contributed by atoms with Gasteiger partial charge in [-0.3, -0.25) is 9.59 Å². The van der Waals surface area contributed by atoms with E-state index in [2.05, 4.69) is 20.9 Å². The minimum Gasteiger partial charge on any atom is -0.387 e. The number of nitrogens with one attached hydrogen (secondary N) is 3. The highest BCUT2D eigenvalue weighted by Gasteiger charge is 2.47. The van der Waals surface area contributed by atoms with E-state index in [9.17, 15) is 9.59 Å². The lowest BCUT2D eigenvalue weighted by atomic mass is 9.72. The summed E-state index contributed by atoms with van der Waals surface area (Å²) in [5.41, 5.74) is 1.27. The highest BCUT2D eigenvalue weighted by atomic mass is 35.5. The number of hydrogen-bond donors (Lipinski definition) is 3. The van der Waals surface area contributed by atoms with Gasteiger partial charge in [-0.05, 0) is 55.8 Å². The number of piperidine rings is 3. The zero-order valence-electron chi connectivity index (χ0n) is 15.6. The van der Waals surface area contributed by atoms with Crippen LogP contribution in [0.25, 0.3) is 0 Å². The van der Waals surface area contributed by atoms with Gasteiger partial charge >= 0.3 is 0 Å². The van der Waals surface area contributed by atoms with E-state index in [1.807, 2.05) is 0 Å². The Morgan fingerprint density at radius 2 is 2.15 bits per heavy atom. The minimum absolute atomic E-state index is 0.0630. The first-order valence-corrected chi connectivity index (χ1v) is 10.2. The van der Waals surface area contributed by atoms with Gasteiger partial charge in [0.1, 0.15) is 0 Å². The van der Waals surface area contributed by atoms with Crippen LogP contribution in [0.2, 0.25) is 5.02 Å². The molecule has 0 spiro atoms. The van der Waals surface area contributed by atoms with Gasteiger partial charge in [0.25, 0.3) is 5.91 Å². The highest BCUT2D eigenvalue weighted by Crippen LogP contribution is 2.39. The molecule has 3 aliphatic rings. The Labute approximate surface area is 165 Å². The van der Waals surface area contributed by atoms with Crippen LogP contribution in [-0.2, 0) is 4.79 Å². The molecule has 4 rings (SSSR count). The molecule has 4 atom stereocenters. The van der Waals surface area contributed by atoms with E-state index in [1.165, 1.54) is 0 Å². The summed E-state index contributed by atoms with van der Waals surface area (Å²) in [4.78, 5) is 27.6. The predicted molar refractivity (Wildman–Crippen MR) is 106 cm³/mol. The van der Waals surface area contributed by atoms with Gasteiger partial charge in [0.15, 0.2) is 0 Å². The molecule has 3 saturated heterocycles. The number of carbonyl (C=O) groups is 2. The van der Waals surface area contributed by atoms with Crippen molar-refractivity contribution in [3.8, 4) is 0 Å². The Morgan fingerprint density at radius 1 is 1.33 bits per heavy atom. The van der Waals surface area contributed by atoms with E-state index in [4.69, 9.17) is 11.6 Å². The first-order chi connectivity index (χ1) is 13.1. The second kappa shape index (κ2) is 7.68. The zero-order valence-corrected chi connectivity index (χ0v) is 16.4. The first kappa shape index (κ1) is 18.6.